The fraction of sp³-hybridized carbons (Fsp3) is 0.222. The lowest BCUT2D eigenvalue weighted by Crippen LogP contribution is -2.02. The molecule has 0 spiro atoms. The molecule has 0 atom stereocenters. The summed E-state index contributed by atoms with van der Waals surface area (Å²) in [7, 11) is 3.72. The van der Waals surface area contributed by atoms with E-state index in [0.717, 1.165) is 0 Å². The van der Waals surface area contributed by atoms with Gasteiger partial charge in [0.25, 0.3) is 0 Å². The highest BCUT2D eigenvalue weighted by Gasteiger charge is 2.01. The first-order chi connectivity index (χ1) is 5.70. The van der Waals surface area contributed by atoms with E-state index in [2.05, 4.69) is 0 Å². The van der Waals surface area contributed by atoms with Crippen molar-refractivity contribution in [1.29, 1.82) is 0 Å². The summed E-state index contributed by atoms with van der Waals surface area (Å²) in [6.07, 6.45) is 6.12. The van der Waals surface area contributed by atoms with Crippen LogP contribution in [0.5, 0.6) is 0 Å². The molecule has 3 heteroatoms. The van der Waals surface area contributed by atoms with Crippen molar-refractivity contribution in [3.8, 4) is 0 Å². The molecule has 64 valence electrons. The maximum absolute atomic E-state index is 11.2. The molecule has 0 saturated carbocycles. The van der Waals surface area contributed by atoms with Crippen LogP contribution < -0.4 is 0 Å². The van der Waals surface area contributed by atoms with Crippen molar-refractivity contribution in [3.63, 3.8) is 0 Å². The van der Waals surface area contributed by atoms with E-state index in [1.165, 1.54) is 18.6 Å². The number of rotatable bonds is 3. The zero-order valence-corrected chi connectivity index (χ0v) is 7.15. The average molecular weight is 165 g/mol. The Kier molecular flexibility index (Phi) is 2.69. The largest absolute Gasteiger partial charge is 0.472 e. The van der Waals surface area contributed by atoms with Crippen LogP contribution in [0, 0.1) is 0 Å². The van der Waals surface area contributed by atoms with E-state index >= 15 is 0 Å². The van der Waals surface area contributed by atoms with Gasteiger partial charge in [-0.1, -0.05) is 0 Å². The molecule has 12 heavy (non-hydrogen) atoms. The SMILES string of the molecule is CN(C)C=CC(=O)c1ccoc1. The molecule has 0 aliphatic heterocycles. The third-order valence-corrected chi connectivity index (χ3v) is 1.33. The number of carbonyl (C=O) groups is 1. The fourth-order valence-corrected chi connectivity index (χ4v) is 0.718. The number of hydrogen-bond donors (Lipinski definition) is 0. The Morgan fingerprint density at radius 1 is 1.58 bits per heavy atom. The first-order valence-electron chi connectivity index (χ1n) is 3.61. The summed E-state index contributed by atoms with van der Waals surface area (Å²) in [5, 5.41) is 0. The Balaban J connectivity index is 2.62. The molecule has 1 aromatic rings. The maximum atomic E-state index is 11.2. The van der Waals surface area contributed by atoms with Crippen molar-refractivity contribution < 1.29 is 9.21 Å². The van der Waals surface area contributed by atoms with Crippen molar-refractivity contribution >= 4 is 5.78 Å². The lowest BCUT2D eigenvalue weighted by Gasteiger charge is -2.01. The molecule has 1 heterocycles. The molecule has 1 aromatic heterocycles. The van der Waals surface area contributed by atoms with Gasteiger partial charge in [0, 0.05) is 26.4 Å². The van der Waals surface area contributed by atoms with Crippen molar-refractivity contribution in [2.45, 2.75) is 0 Å². The van der Waals surface area contributed by atoms with Crippen LogP contribution in [0.2, 0.25) is 0 Å². The summed E-state index contributed by atoms with van der Waals surface area (Å²) < 4.78 is 4.77. The predicted octanol–water partition coefficient (Wildman–Crippen LogP) is 1.54. The number of furan rings is 1. The van der Waals surface area contributed by atoms with E-state index in [1.54, 1.807) is 17.2 Å². The van der Waals surface area contributed by atoms with Crippen LogP contribution in [-0.2, 0) is 0 Å². The van der Waals surface area contributed by atoms with Gasteiger partial charge in [-0.05, 0) is 6.07 Å². The first-order valence-corrected chi connectivity index (χ1v) is 3.61. The highest BCUT2D eigenvalue weighted by Crippen LogP contribution is 2.01. The second-order valence-corrected chi connectivity index (χ2v) is 2.66. The van der Waals surface area contributed by atoms with Crippen molar-refractivity contribution in [1.82, 2.24) is 4.90 Å². The zero-order valence-electron chi connectivity index (χ0n) is 7.15. The van der Waals surface area contributed by atoms with Gasteiger partial charge in [-0.15, -0.1) is 0 Å². The Hall–Kier alpha value is -1.51. The van der Waals surface area contributed by atoms with Crippen LogP contribution in [0.1, 0.15) is 10.4 Å². The second kappa shape index (κ2) is 3.76. The monoisotopic (exact) mass is 165 g/mol. The summed E-state index contributed by atoms with van der Waals surface area (Å²) >= 11 is 0. The predicted molar refractivity (Wildman–Crippen MR) is 45.9 cm³/mol. The quantitative estimate of drug-likeness (QED) is 0.503. The van der Waals surface area contributed by atoms with Crippen molar-refractivity contribution in [2.24, 2.45) is 0 Å². The maximum Gasteiger partial charge on any atom is 0.190 e. The lowest BCUT2D eigenvalue weighted by atomic mass is 10.2. The molecule has 0 unspecified atom stereocenters. The van der Waals surface area contributed by atoms with Gasteiger partial charge < -0.3 is 9.32 Å². The van der Waals surface area contributed by atoms with Crippen LogP contribution in [0.3, 0.4) is 0 Å². The lowest BCUT2D eigenvalue weighted by molar-refractivity contribution is 0.104. The van der Waals surface area contributed by atoms with E-state index < -0.39 is 0 Å². The molecule has 0 aliphatic rings. The number of carbonyl (C=O) groups excluding carboxylic acids is 1. The third kappa shape index (κ3) is 2.27. The Morgan fingerprint density at radius 3 is 2.83 bits per heavy atom. The van der Waals surface area contributed by atoms with Gasteiger partial charge in [0.05, 0.1) is 11.8 Å². The minimum Gasteiger partial charge on any atom is -0.472 e. The molecular weight excluding hydrogens is 154 g/mol. The van der Waals surface area contributed by atoms with E-state index in [0.29, 0.717) is 5.56 Å². The van der Waals surface area contributed by atoms with Gasteiger partial charge in [-0.2, -0.15) is 0 Å². The highest BCUT2D eigenvalue weighted by atomic mass is 16.3. The fourth-order valence-electron chi connectivity index (χ4n) is 0.718. The van der Waals surface area contributed by atoms with Gasteiger partial charge in [0.1, 0.15) is 6.26 Å². The summed E-state index contributed by atoms with van der Waals surface area (Å²) in [6, 6.07) is 1.64. The summed E-state index contributed by atoms with van der Waals surface area (Å²) in [5.41, 5.74) is 0.577. The van der Waals surface area contributed by atoms with E-state index in [9.17, 15) is 4.79 Å². The van der Waals surface area contributed by atoms with Gasteiger partial charge >= 0.3 is 0 Å². The van der Waals surface area contributed by atoms with E-state index in [-0.39, 0.29) is 5.78 Å². The number of hydrogen-bond acceptors (Lipinski definition) is 3. The normalized spacial score (nSPS) is 10.5. The van der Waals surface area contributed by atoms with Crippen LogP contribution in [0.15, 0.2) is 35.3 Å². The Labute approximate surface area is 71.3 Å². The smallest absolute Gasteiger partial charge is 0.190 e. The van der Waals surface area contributed by atoms with E-state index in [1.807, 2.05) is 14.1 Å². The number of nitrogens with zero attached hydrogens (tertiary/aromatic N) is 1. The van der Waals surface area contributed by atoms with Gasteiger partial charge in [0.15, 0.2) is 5.78 Å². The van der Waals surface area contributed by atoms with Gasteiger partial charge in [-0.3, -0.25) is 4.79 Å². The average Bonchev–Trinajstić information content (AvgIpc) is 2.51. The molecule has 0 aromatic carbocycles. The Morgan fingerprint density at radius 2 is 2.33 bits per heavy atom. The highest BCUT2D eigenvalue weighted by molar-refractivity contribution is 6.04. The van der Waals surface area contributed by atoms with Crippen LogP contribution in [0.25, 0.3) is 0 Å². The molecule has 0 bridgehead atoms. The molecule has 3 nitrogen and oxygen atoms in total. The van der Waals surface area contributed by atoms with E-state index in [4.69, 9.17) is 4.42 Å². The number of allylic oxidation sites excluding steroid dienone is 1. The molecular formula is C9H11NO2. The molecule has 1 rings (SSSR count). The van der Waals surface area contributed by atoms with Gasteiger partial charge in [0.2, 0.25) is 0 Å². The number of ketones is 1. The molecule has 0 saturated heterocycles. The molecule has 0 radical (unpaired) electrons. The summed E-state index contributed by atoms with van der Waals surface area (Å²) in [5.74, 6) is -0.0440. The molecule has 0 aliphatic carbocycles. The van der Waals surface area contributed by atoms with Crippen LogP contribution in [-0.4, -0.2) is 24.8 Å². The Bertz CT molecular complexity index is 273. The standard InChI is InChI=1S/C9H11NO2/c1-10(2)5-3-9(11)8-4-6-12-7-8/h3-7H,1-2H3. The summed E-state index contributed by atoms with van der Waals surface area (Å²) in [4.78, 5) is 13.0. The molecule has 0 N–H and O–H groups in total. The minimum absolute atomic E-state index is 0.0440. The van der Waals surface area contributed by atoms with Crippen molar-refractivity contribution in [2.75, 3.05) is 14.1 Å². The zero-order chi connectivity index (χ0) is 8.97. The molecule has 0 amide bonds. The van der Waals surface area contributed by atoms with Gasteiger partial charge in [-0.25, -0.2) is 0 Å². The first kappa shape index (κ1) is 8.59. The van der Waals surface area contributed by atoms with Crippen LogP contribution in [0.4, 0.5) is 0 Å². The van der Waals surface area contributed by atoms with Crippen molar-refractivity contribution in [3.05, 3.63) is 36.4 Å². The third-order valence-electron chi connectivity index (χ3n) is 1.33. The topological polar surface area (TPSA) is 33.5 Å². The summed E-state index contributed by atoms with van der Waals surface area (Å²) in [6.45, 7) is 0. The minimum atomic E-state index is -0.0440. The molecule has 0 fully saturated rings. The van der Waals surface area contributed by atoms with Crippen LogP contribution >= 0.6 is 0 Å². The second-order valence-electron chi connectivity index (χ2n) is 2.66.